The van der Waals surface area contributed by atoms with Gasteiger partial charge in [-0.2, -0.15) is 0 Å². The third-order valence-corrected chi connectivity index (χ3v) is 3.27. The number of esters is 1. The molecule has 1 rings (SSSR count). The number of hydrogen-bond donors (Lipinski definition) is 0. The van der Waals surface area contributed by atoms with E-state index < -0.39 is 5.97 Å². The number of rotatable bonds is 3. The van der Waals surface area contributed by atoms with Crippen LogP contribution in [0.25, 0.3) is 0 Å². The van der Waals surface area contributed by atoms with Gasteiger partial charge in [0.25, 0.3) is 5.24 Å². The fourth-order valence-electron chi connectivity index (χ4n) is 1.18. The van der Waals surface area contributed by atoms with Crippen LogP contribution in [0, 0.1) is 0 Å². The van der Waals surface area contributed by atoms with Gasteiger partial charge in [-0.3, -0.25) is 4.79 Å². The molecule has 0 aliphatic rings. The topological polar surface area (TPSA) is 55.8 Å². The Morgan fingerprint density at radius 1 is 1.22 bits per heavy atom. The molecule has 1 aromatic carbocycles. The molecule has 0 heterocycles. The molecule has 0 radical (unpaired) electrons. The Kier molecular flexibility index (Phi) is 5.03. The minimum Gasteiger partial charge on any atom is -0.497 e. The smallest absolute Gasteiger partial charge is 0.339 e. The van der Waals surface area contributed by atoms with Crippen molar-refractivity contribution in [3.63, 3.8) is 0 Å². The Labute approximate surface area is 110 Å². The molecule has 0 N–H and O–H groups in total. The van der Waals surface area contributed by atoms with Gasteiger partial charge in [0.1, 0.15) is 5.75 Å². The Hall–Kier alpha value is -1.69. The van der Waals surface area contributed by atoms with E-state index in [0.717, 1.165) is 11.8 Å². The standard InChI is InChI=1S/C12H15NO4S/c1-13(2)12(15)18-10-6-5-8(16-3)7-9(10)11(14)17-4/h5-7H,1-4H3. The van der Waals surface area contributed by atoms with Crippen molar-refractivity contribution in [2.75, 3.05) is 28.3 Å². The van der Waals surface area contributed by atoms with Crippen molar-refractivity contribution in [1.82, 2.24) is 4.90 Å². The van der Waals surface area contributed by atoms with Gasteiger partial charge in [0, 0.05) is 19.0 Å². The predicted molar refractivity (Wildman–Crippen MR) is 69.3 cm³/mol. The lowest BCUT2D eigenvalue weighted by molar-refractivity contribution is 0.0596. The zero-order chi connectivity index (χ0) is 13.7. The number of thioether (sulfide) groups is 1. The van der Waals surface area contributed by atoms with Gasteiger partial charge < -0.3 is 14.4 Å². The number of amides is 1. The molecule has 0 aromatic heterocycles. The maximum Gasteiger partial charge on any atom is 0.339 e. The summed E-state index contributed by atoms with van der Waals surface area (Å²) in [6.07, 6.45) is 0. The highest BCUT2D eigenvalue weighted by Gasteiger charge is 2.17. The number of methoxy groups -OCH3 is 2. The summed E-state index contributed by atoms with van der Waals surface area (Å²) >= 11 is 0.972. The fraction of sp³-hybridized carbons (Fsp3) is 0.333. The summed E-state index contributed by atoms with van der Waals surface area (Å²) < 4.78 is 9.73. The molecule has 6 heteroatoms. The van der Waals surface area contributed by atoms with Crippen LogP contribution >= 0.6 is 11.8 Å². The van der Waals surface area contributed by atoms with Gasteiger partial charge in [0.2, 0.25) is 0 Å². The van der Waals surface area contributed by atoms with Gasteiger partial charge in [0.05, 0.1) is 19.8 Å². The second kappa shape index (κ2) is 6.30. The minimum atomic E-state index is -0.497. The quantitative estimate of drug-likeness (QED) is 0.622. The van der Waals surface area contributed by atoms with E-state index in [1.54, 1.807) is 32.3 Å². The highest BCUT2D eigenvalue weighted by Crippen LogP contribution is 2.28. The Bertz CT molecular complexity index is 459. The van der Waals surface area contributed by atoms with Crippen molar-refractivity contribution >= 4 is 23.0 Å². The Balaban J connectivity index is 3.10. The zero-order valence-electron chi connectivity index (χ0n) is 10.7. The molecule has 0 unspecified atom stereocenters. The maximum absolute atomic E-state index is 11.6. The van der Waals surface area contributed by atoms with Crippen LogP contribution in [0.1, 0.15) is 10.4 Å². The third kappa shape index (κ3) is 3.40. The summed E-state index contributed by atoms with van der Waals surface area (Å²) in [7, 11) is 6.10. The van der Waals surface area contributed by atoms with Gasteiger partial charge in [-0.15, -0.1) is 0 Å². The molecule has 1 aromatic rings. The molecule has 0 spiro atoms. The van der Waals surface area contributed by atoms with Crippen molar-refractivity contribution in [3.05, 3.63) is 23.8 Å². The number of ether oxygens (including phenoxy) is 2. The molecule has 98 valence electrons. The van der Waals surface area contributed by atoms with E-state index in [1.165, 1.54) is 19.1 Å². The van der Waals surface area contributed by atoms with Crippen LogP contribution in [0.3, 0.4) is 0 Å². The summed E-state index contributed by atoms with van der Waals surface area (Å²) in [5.74, 6) is 0.0417. The summed E-state index contributed by atoms with van der Waals surface area (Å²) in [4.78, 5) is 25.3. The summed E-state index contributed by atoms with van der Waals surface area (Å²) in [5, 5.41) is -0.162. The monoisotopic (exact) mass is 269 g/mol. The van der Waals surface area contributed by atoms with Gasteiger partial charge in [-0.25, -0.2) is 4.79 Å². The number of benzene rings is 1. The van der Waals surface area contributed by atoms with E-state index in [9.17, 15) is 9.59 Å². The molecular weight excluding hydrogens is 254 g/mol. The summed E-state index contributed by atoms with van der Waals surface area (Å²) in [5.41, 5.74) is 0.317. The molecule has 0 fully saturated rings. The molecule has 0 aliphatic carbocycles. The third-order valence-electron chi connectivity index (χ3n) is 2.15. The number of carbonyl (C=O) groups excluding carboxylic acids is 2. The Morgan fingerprint density at radius 2 is 1.89 bits per heavy atom. The van der Waals surface area contributed by atoms with E-state index in [-0.39, 0.29) is 5.24 Å². The van der Waals surface area contributed by atoms with Crippen LogP contribution in [0.2, 0.25) is 0 Å². The number of hydrogen-bond acceptors (Lipinski definition) is 5. The van der Waals surface area contributed by atoms with Gasteiger partial charge in [0.15, 0.2) is 0 Å². The van der Waals surface area contributed by atoms with Crippen LogP contribution in [-0.2, 0) is 4.74 Å². The van der Waals surface area contributed by atoms with E-state index in [2.05, 4.69) is 4.74 Å². The number of nitrogens with zero attached hydrogens (tertiary/aromatic N) is 1. The van der Waals surface area contributed by atoms with E-state index >= 15 is 0 Å². The van der Waals surface area contributed by atoms with Crippen molar-refractivity contribution < 1.29 is 19.1 Å². The van der Waals surface area contributed by atoms with Crippen LogP contribution in [-0.4, -0.2) is 44.4 Å². The SMILES string of the molecule is COC(=O)c1cc(OC)ccc1SC(=O)N(C)C. The van der Waals surface area contributed by atoms with Gasteiger partial charge in [-0.1, -0.05) is 0 Å². The zero-order valence-corrected chi connectivity index (χ0v) is 11.5. The molecule has 0 saturated carbocycles. The van der Waals surface area contributed by atoms with Crippen LogP contribution in [0.5, 0.6) is 5.75 Å². The highest BCUT2D eigenvalue weighted by molar-refractivity contribution is 8.13. The molecule has 0 bridgehead atoms. The van der Waals surface area contributed by atoms with Gasteiger partial charge in [-0.05, 0) is 30.0 Å². The average molecular weight is 269 g/mol. The highest BCUT2D eigenvalue weighted by atomic mass is 32.2. The van der Waals surface area contributed by atoms with E-state index in [1.807, 2.05) is 0 Å². The largest absolute Gasteiger partial charge is 0.497 e. The second-order valence-electron chi connectivity index (χ2n) is 3.62. The lowest BCUT2D eigenvalue weighted by Gasteiger charge is -2.12. The molecule has 5 nitrogen and oxygen atoms in total. The lowest BCUT2D eigenvalue weighted by atomic mass is 10.2. The first-order valence-corrected chi connectivity index (χ1v) is 5.96. The van der Waals surface area contributed by atoms with E-state index in [0.29, 0.717) is 16.2 Å². The molecule has 0 atom stereocenters. The number of carbonyl (C=O) groups is 2. The van der Waals surface area contributed by atoms with Crippen molar-refractivity contribution in [2.45, 2.75) is 4.90 Å². The lowest BCUT2D eigenvalue weighted by Crippen LogP contribution is -2.16. The molecule has 1 amide bonds. The average Bonchev–Trinajstić information content (AvgIpc) is 2.38. The van der Waals surface area contributed by atoms with Crippen molar-refractivity contribution in [3.8, 4) is 5.75 Å². The first kappa shape index (κ1) is 14.4. The fourth-order valence-corrected chi connectivity index (χ4v) is 1.94. The van der Waals surface area contributed by atoms with Crippen LogP contribution in [0.4, 0.5) is 4.79 Å². The first-order chi connectivity index (χ1) is 8.49. The van der Waals surface area contributed by atoms with E-state index in [4.69, 9.17) is 4.74 Å². The van der Waals surface area contributed by atoms with Gasteiger partial charge >= 0.3 is 5.97 Å². The molecular formula is C12H15NO4S. The molecule has 0 saturated heterocycles. The predicted octanol–water partition coefficient (Wildman–Crippen LogP) is 2.26. The first-order valence-electron chi connectivity index (χ1n) is 5.15. The van der Waals surface area contributed by atoms with Crippen molar-refractivity contribution in [2.24, 2.45) is 0 Å². The summed E-state index contributed by atoms with van der Waals surface area (Å²) in [6, 6.07) is 4.91. The maximum atomic E-state index is 11.6. The molecule has 18 heavy (non-hydrogen) atoms. The normalized spacial score (nSPS) is 9.78. The molecule has 0 aliphatic heterocycles. The second-order valence-corrected chi connectivity index (χ2v) is 4.61. The minimum absolute atomic E-state index is 0.162. The summed E-state index contributed by atoms with van der Waals surface area (Å²) in [6.45, 7) is 0. The Morgan fingerprint density at radius 3 is 2.39 bits per heavy atom. The van der Waals surface area contributed by atoms with Crippen molar-refractivity contribution in [1.29, 1.82) is 0 Å². The van der Waals surface area contributed by atoms with Crippen LogP contribution in [0.15, 0.2) is 23.1 Å². The van der Waals surface area contributed by atoms with Crippen LogP contribution < -0.4 is 4.74 Å².